The molecule has 110 valence electrons. The number of nitrogens with zero attached hydrogens (tertiary/aromatic N) is 2. The van der Waals surface area contributed by atoms with Gasteiger partial charge in [-0.1, -0.05) is 5.69 Å². The first-order valence-electron chi connectivity index (χ1n) is 4.11. The van der Waals surface area contributed by atoms with Gasteiger partial charge in [-0.2, -0.15) is 43.9 Å². The van der Waals surface area contributed by atoms with Crippen LogP contribution in [0.15, 0.2) is 6.07 Å². The third-order valence-electron chi connectivity index (χ3n) is 1.90. The molecule has 0 aliphatic rings. The Kier molecular flexibility index (Phi) is 5.24. The Bertz CT molecular complexity index is 459. The number of hydrogen-bond donors (Lipinski definition) is 0. The van der Waals surface area contributed by atoms with Gasteiger partial charge >= 0.3 is 53.8 Å². The standard InChI is InChI=1S/C7HF10N2.Na/c8-4(9,6(13,14)7(15,16)17)2-1-3(19-18-2)5(10,11)12;/h1H;/q-1;+1. The Labute approximate surface area is 125 Å². The van der Waals surface area contributed by atoms with Gasteiger partial charge in [0, 0.05) is 0 Å². The second-order valence-corrected chi connectivity index (χ2v) is 3.26. The van der Waals surface area contributed by atoms with Gasteiger partial charge in [-0.05, 0) is 6.07 Å². The molecule has 1 rings (SSSR count). The number of alkyl halides is 10. The summed E-state index contributed by atoms with van der Waals surface area (Å²) in [4.78, 5) is 0. The second kappa shape index (κ2) is 5.37. The minimum Gasteiger partial charge on any atom is -0.573 e. The van der Waals surface area contributed by atoms with Crippen LogP contribution >= 0.6 is 0 Å². The zero-order valence-corrected chi connectivity index (χ0v) is 11.3. The molecule has 0 amide bonds. The van der Waals surface area contributed by atoms with Crippen molar-refractivity contribution in [3.63, 3.8) is 0 Å². The molecule has 0 saturated carbocycles. The number of halogens is 10. The summed E-state index contributed by atoms with van der Waals surface area (Å²) in [5.41, 5.74) is -4.51. The van der Waals surface area contributed by atoms with Crippen molar-refractivity contribution < 1.29 is 73.5 Å². The molecule has 2 nitrogen and oxygen atoms in total. The van der Waals surface area contributed by atoms with Crippen LogP contribution in [-0.4, -0.2) is 17.2 Å². The number of hydrogen-bond acceptors (Lipinski definition) is 1. The van der Waals surface area contributed by atoms with Crippen molar-refractivity contribution in [3.8, 4) is 0 Å². The summed E-state index contributed by atoms with van der Waals surface area (Å²) >= 11 is 0. The van der Waals surface area contributed by atoms with Crippen LogP contribution in [0.5, 0.6) is 0 Å². The summed E-state index contributed by atoms with van der Waals surface area (Å²) in [5, 5.41) is 4.13. The molecule has 0 aliphatic heterocycles. The van der Waals surface area contributed by atoms with Crippen molar-refractivity contribution in [1.82, 2.24) is 10.2 Å². The van der Waals surface area contributed by atoms with Gasteiger partial charge in [0.05, 0.1) is 0 Å². The minimum atomic E-state index is -6.66. The molecule has 0 spiro atoms. The molecule has 0 saturated heterocycles. The molecule has 0 radical (unpaired) electrons. The predicted molar refractivity (Wildman–Crippen MR) is 37.5 cm³/mol. The van der Waals surface area contributed by atoms with E-state index in [9.17, 15) is 43.9 Å². The molecule has 0 aliphatic carbocycles. The molecule has 1 aromatic heterocycles. The summed E-state index contributed by atoms with van der Waals surface area (Å²) in [6, 6.07) is -0.667. The van der Waals surface area contributed by atoms with Crippen LogP contribution < -0.4 is 34.7 Å². The summed E-state index contributed by atoms with van der Waals surface area (Å²) in [7, 11) is 0. The van der Waals surface area contributed by atoms with E-state index in [-0.39, 0.29) is 29.6 Å². The van der Waals surface area contributed by atoms with Crippen LogP contribution in [0.4, 0.5) is 43.9 Å². The maximum absolute atomic E-state index is 12.9. The fourth-order valence-electron chi connectivity index (χ4n) is 0.926. The Hall–Kier alpha value is -0.490. The van der Waals surface area contributed by atoms with Crippen molar-refractivity contribution in [3.05, 3.63) is 17.5 Å². The van der Waals surface area contributed by atoms with Crippen molar-refractivity contribution in [2.24, 2.45) is 0 Å². The van der Waals surface area contributed by atoms with Gasteiger partial charge < -0.3 is 10.2 Å². The van der Waals surface area contributed by atoms with Crippen LogP contribution in [0, 0.1) is 0 Å². The quantitative estimate of drug-likeness (QED) is 0.579. The smallest absolute Gasteiger partial charge is 0.573 e. The van der Waals surface area contributed by atoms with E-state index < -0.39 is 41.7 Å². The van der Waals surface area contributed by atoms with E-state index in [1.807, 2.05) is 5.10 Å². The fraction of sp³-hybridized carbons (Fsp3) is 0.571. The first-order chi connectivity index (χ1) is 8.21. The van der Waals surface area contributed by atoms with E-state index in [4.69, 9.17) is 0 Å². The van der Waals surface area contributed by atoms with Crippen molar-refractivity contribution in [2.45, 2.75) is 24.2 Å². The summed E-state index contributed by atoms with van der Waals surface area (Å²) in [6.07, 6.45) is -12.0. The third kappa shape index (κ3) is 3.22. The van der Waals surface area contributed by atoms with Crippen molar-refractivity contribution in [2.75, 3.05) is 0 Å². The summed E-state index contributed by atoms with van der Waals surface area (Å²) in [6.45, 7) is 0. The average Bonchev–Trinajstić information content (AvgIpc) is 2.63. The van der Waals surface area contributed by atoms with Crippen LogP contribution in [0.2, 0.25) is 0 Å². The van der Waals surface area contributed by atoms with E-state index in [1.54, 1.807) is 0 Å². The van der Waals surface area contributed by atoms with Crippen LogP contribution in [0.3, 0.4) is 0 Å². The molecular formula is C7HF10N2Na. The third-order valence-corrected chi connectivity index (χ3v) is 1.90. The molecule has 0 bridgehead atoms. The second-order valence-electron chi connectivity index (χ2n) is 3.26. The van der Waals surface area contributed by atoms with E-state index in [2.05, 4.69) is 5.10 Å². The van der Waals surface area contributed by atoms with Gasteiger partial charge in [-0.25, -0.2) is 0 Å². The predicted octanol–water partition coefficient (Wildman–Crippen LogP) is 0.351. The Morgan fingerprint density at radius 1 is 0.850 bits per heavy atom. The molecule has 0 N–H and O–H groups in total. The fourth-order valence-corrected chi connectivity index (χ4v) is 0.926. The Morgan fingerprint density at radius 2 is 1.30 bits per heavy atom. The molecule has 13 heteroatoms. The largest absolute Gasteiger partial charge is 1.00 e. The molecule has 0 atom stereocenters. The maximum Gasteiger partial charge on any atom is 1.00 e. The SMILES string of the molecule is FC(F)(F)c1cc(C(F)(F)C(F)(F)C(F)(F)F)[n-]n1.[Na+]. The molecule has 0 unspecified atom stereocenters. The van der Waals surface area contributed by atoms with Crippen molar-refractivity contribution >= 4 is 0 Å². The van der Waals surface area contributed by atoms with E-state index in [1.165, 1.54) is 0 Å². The number of rotatable bonds is 2. The van der Waals surface area contributed by atoms with E-state index >= 15 is 0 Å². The first kappa shape index (κ1) is 19.5. The van der Waals surface area contributed by atoms with Crippen LogP contribution in [0.1, 0.15) is 11.4 Å². The van der Waals surface area contributed by atoms with Gasteiger partial charge in [0.25, 0.3) is 0 Å². The zero-order valence-electron chi connectivity index (χ0n) is 9.25. The number of aromatic nitrogens is 2. The van der Waals surface area contributed by atoms with Crippen molar-refractivity contribution in [1.29, 1.82) is 0 Å². The average molecular weight is 326 g/mol. The maximum atomic E-state index is 12.9. The molecule has 1 heterocycles. The Balaban J connectivity index is 0.00000361. The normalized spacial score (nSPS) is 14.1. The summed E-state index contributed by atoms with van der Waals surface area (Å²) < 4.78 is 122. The van der Waals surface area contributed by atoms with E-state index in [0.717, 1.165) is 0 Å². The van der Waals surface area contributed by atoms with Crippen LogP contribution in [0.25, 0.3) is 0 Å². The minimum absolute atomic E-state index is 0. The van der Waals surface area contributed by atoms with Gasteiger partial charge in [0.1, 0.15) is 5.69 Å². The molecule has 1 aromatic rings. The van der Waals surface area contributed by atoms with Gasteiger partial charge in [0.15, 0.2) is 0 Å². The van der Waals surface area contributed by atoms with Crippen LogP contribution in [-0.2, 0) is 12.1 Å². The Morgan fingerprint density at radius 3 is 1.60 bits per heavy atom. The molecular weight excluding hydrogens is 325 g/mol. The first-order valence-corrected chi connectivity index (χ1v) is 4.11. The molecule has 0 aromatic carbocycles. The van der Waals surface area contributed by atoms with Gasteiger partial charge in [-0.15, -0.1) is 0 Å². The monoisotopic (exact) mass is 326 g/mol. The topological polar surface area (TPSA) is 27.0 Å². The molecule has 0 fully saturated rings. The zero-order chi connectivity index (χ0) is 15.3. The van der Waals surface area contributed by atoms with E-state index in [0.29, 0.717) is 0 Å². The summed E-state index contributed by atoms with van der Waals surface area (Å²) in [5.74, 6) is -12.5. The molecule has 20 heavy (non-hydrogen) atoms. The van der Waals surface area contributed by atoms with Gasteiger partial charge in [-0.3, -0.25) is 0 Å². The van der Waals surface area contributed by atoms with Gasteiger partial charge in [0.2, 0.25) is 0 Å².